The number of imide groups is 1. The molecule has 0 aromatic heterocycles. The van der Waals surface area contributed by atoms with E-state index >= 15 is 0 Å². The van der Waals surface area contributed by atoms with Crippen molar-refractivity contribution in [2.45, 2.75) is 6.42 Å². The Morgan fingerprint density at radius 3 is 2.32 bits per heavy atom. The van der Waals surface area contributed by atoms with E-state index in [4.69, 9.17) is 11.6 Å². The number of hydrogen-bond donors (Lipinski definition) is 2. The lowest BCUT2D eigenvalue weighted by Gasteiger charge is -2.14. The van der Waals surface area contributed by atoms with Gasteiger partial charge in [0.15, 0.2) is 0 Å². The van der Waals surface area contributed by atoms with E-state index in [0.717, 1.165) is 9.87 Å². The standard InChI is InChI=1S/C16H15ClN2O2S/c17-14-8-6-12(7-9-14)10-11-18-16(21)19(22)15(20)13-4-2-1-3-5-13/h1-9,22H,10-11H2,(H,18,21). The van der Waals surface area contributed by atoms with Crippen molar-refractivity contribution in [1.29, 1.82) is 0 Å². The van der Waals surface area contributed by atoms with Gasteiger partial charge in [-0.25, -0.2) is 9.10 Å². The number of amides is 3. The lowest BCUT2D eigenvalue weighted by molar-refractivity contribution is 0.0896. The predicted octanol–water partition coefficient (Wildman–Crippen LogP) is 3.58. The first-order valence-corrected chi connectivity index (χ1v) is 7.46. The summed E-state index contributed by atoms with van der Waals surface area (Å²) in [5, 5.41) is 3.32. The molecule has 0 bridgehead atoms. The minimum atomic E-state index is -0.550. The van der Waals surface area contributed by atoms with Gasteiger partial charge in [-0.05, 0) is 36.2 Å². The second kappa shape index (κ2) is 7.87. The van der Waals surface area contributed by atoms with Crippen LogP contribution < -0.4 is 5.32 Å². The molecule has 3 amide bonds. The summed E-state index contributed by atoms with van der Waals surface area (Å²) in [7, 11) is 0. The van der Waals surface area contributed by atoms with E-state index in [2.05, 4.69) is 18.1 Å². The average molecular weight is 335 g/mol. The van der Waals surface area contributed by atoms with Crippen LogP contribution in [-0.2, 0) is 6.42 Å². The third-order valence-corrected chi connectivity index (χ3v) is 3.62. The topological polar surface area (TPSA) is 49.4 Å². The molecule has 4 nitrogen and oxygen atoms in total. The highest BCUT2D eigenvalue weighted by atomic mass is 35.5. The molecule has 114 valence electrons. The Morgan fingerprint density at radius 1 is 1.05 bits per heavy atom. The van der Waals surface area contributed by atoms with E-state index in [9.17, 15) is 9.59 Å². The van der Waals surface area contributed by atoms with Gasteiger partial charge in [0.25, 0.3) is 5.91 Å². The minimum Gasteiger partial charge on any atom is -0.337 e. The second-order valence-corrected chi connectivity index (χ2v) is 5.43. The largest absolute Gasteiger partial charge is 0.337 e. The van der Waals surface area contributed by atoms with Crippen LogP contribution in [0.15, 0.2) is 54.6 Å². The number of carbonyl (C=O) groups is 2. The van der Waals surface area contributed by atoms with Crippen LogP contribution in [0.3, 0.4) is 0 Å². The van der Waals surface area contributed by atoms with Gasteiger partial charge in [-0.3, -0.25) is 4.79 Å². The maximum absolute atomic E-state index is 12.0. The third kappa shape index (κ3) is 4.51. The molecule has 22 heavy (non-hydrogen) atoms. The zero-order valence-electron chi connectivity index (χ0n) is 11.7. The number of urea groups is 1. The molecule has 0 saturated heterocycles. The molecule has 1 N–H and O–H groups in total. The van der Waals surface area contributed by atoms with Gasteiger partial charge in [0.1, 0.15) is 0 Å². The molecule has 0 aliphatic heterocycles. The van der Waals surface area contributed by atoms with Crippen LogP contribution in [0.25, 0.3) is 0 Å². The van der Waals surface area contributed by atoms with Crippen molar-refractivity contribution < 1.29 is 9.59 Å². The average Bonchev–Trinajstić information content (AvgIpc) is 2.56. The highest BCUT2D eigenvalue weighted by molar-refractivity contribution is 7.79. The molecule has 0 heterocycles. The highest BCUT2D eigenvalue weighted by Crippen LogP contribution is 2.10. The molecule has 0 radical (unpaired) electrons. The number of nitrogens with zero attached hydrogens (tertiary/aromatic N) is 1. The number of hydrogen-bond acceptors (Lipinski definition) is 3. The first-order valence-electron chi connectivity index (χ1n) is 6.68. The third-order valence-electron chi connectivity index (χ3n) is 3.01. The molecular formula is C16H15ClN2O2S. The van der Waals surface area contributed by atoms with Crippen molar-refractivity contribution in [3.05, 3.63) is 70.7 Å². The summed E-state index contributed by atoms with van der Waals surface area (Å²) in [5.41, 5.74) is 1.45. The van der Waals surface area contributed by atoms with Crippen LogP contribution in [0.5, 0.6) is 0 Å². The first-order chi connectivity index (χ1) is 10.6. The zero-order chi connectivity index (χ0) is 15.9. The van der Waals surface area contributed by atoms with E-state index < -0.39 is 11.9 Å². The fraction of sp³-hybridized carbons (Fsp3) is 0.125. The lowest BCUT2D eigenvalue weighted by atomic mass is 10.1. The van der Waals surface area contributed by atoms with Crippen LogP contribution in [0.1, 0.15) is 15.9 Å². The molecule has 0 spiro atoms. The Labute approximate surface area is 139 Å². The van der Waals surface area contributed by atoms with Crippen LogP contribution >= 0.6 is 24.4 Å². The number of thiol groups is 1. The maximum Gasteiger partial charge on any atom is 0.334 e. The molecule has 2 aromatic rings. The molecule has 6 heteroatoms. The van der Waals surface area contributed by atoms with Crippen LogP contribution in [0, 0.1) is 0 Å². The summed E-state index contributed by atoms with van der Waals surface area (Å²) in [6.45, 7) is 0.402. The maximum atomic E-state index is 12.0. The molecule has 2 aromatic carbocycles. The highest BCUT2D eigenvalue weighted by Gasteiger charge is 2.18. The Hall–Kier alpha value is -1.98. The zero-order valence-corrected chi connectivity index (χ0v) is 13.3. The van der Waals surface area contributed by atoms with E-state index in [0.29, 0.717) is 23.6 Å². The Balaban J connectivity index is 1.84. The predicted molar refractivity (Wildman–Crippen MR) is 90.2 cm³/mol. The molecule has 0 aliphatic rings. The van der Waals surface area contributed by atoms with Crippen molar-refractivity contribution in [3.8, 4) is 0 Å². The van der Waals surface area contributed by atoms with Gasteiger partial charge in [0, 0.05) is 17.1 Å². The van der Waals surface area contributed by atoms with Gasteiger partial charge in [0.2, 0.25) is 0 Å². The number of benzene rings is 2. The molecule has 0 fully saturated rings. The summed E-state index contributed by atoms with van der Waals surface area (Å²) < 4.78 is 0.775. The van der Waals surface area contributed by atoms with Gasteiger partial charge in [-0.15, -0.1) is 0 Å². The SMILES string of the molecule is O=C(NCCc1ccc(Cl)cc1)N(S)C(=O)c1ccccc1. The Kier molecular flexibility index (Phi) is 5.86. The monoisotopic (exact) mass is 334 g/mol. The van der Waals surface area contributed by atoms with Crippen molar-refractivity contribution in [3.63, 3.8) is 0 Å². The van der Waals surface area contributed by atoms with Gasteiger partial charge in [-0.1, -0.05) is 54.7 Å². The Morgan fingerprint density at radius 2 is 1.68 bits per heavy atom. The van der Waals surface area contributed by atoms with Crippen LogP contribution in [0.2, 0.25) is 5.02 Å². The fourth-order valence-corrected chi connectivity index (χ4v) is 2.15. The summed E-state index contributed by atoms with van der Waals surface area (Å²) in [4.78, 5) is 23.9. The van der Waals surface area contributed by atoms with E-state index in [-0.39, 0.29) is 0 Å². The van der Waals surface area contributed by atoms with Crippen molar-refractivity contribution in [2.24, 2.45) is 0 Å². The van der Waals surface area contributed by atoms with E-state index in [1.807, 2.05) is 12.1 Å². The van der Waals surface area contributed by atoms with Crippen molar-refractivity contribution >= 4 is 36.4 Å². The summed E-state index contributed by atoms with van der Waals surface area (Å²) in [6, 6.07) is 15.3. The summed E-state index contributed by atoms with van der Waals surface area (Å²) in [5.74, 6) is -0.465. The number of carbonyl (C=O) groups excluding carboxylic acids is 2. The van der Waals surface area contributed by atoms with Gasteiger partial charge in [-0.2, -0.15) is 0 Å². The minimum absolute atomic E-state index is 0.402. The molecule has 0 atom stereocenters. The summed E-state index contributed by atoms with van der Waals surface area (Å²) >= 11 is 9.77. The number of rotatable bonds is 4. The fourth-order valence-electron chi connectivity index (χ4n) is 1.83. The van der Waals surface area contributed by atoms with Crippen LogP contribution in [-0.4, -0.2) is 22.8 Å². The van der Waals surface area contributed by atoms with Gasteiger partial charge < -0.3 is 5.32 Å². The first kappa shape index (κ1) is 16.4. The van der Waals surface area contributed by atoms with E-state index in [1.54, 1.807) is 42.5 Å². The molecule has 2 rings (SSSR count). The lowest BCUT2D eigenvalue weighted by Crippen LogP contribution is -2.38. The van der Waals surface area contributed by atoms with Crippen LogP contribution in [0.4, 0.5) is 4.79 Å². The second-order valence-electron chi connectivity index (χ2n) is 4.59. The van der Waals surface area contributed by atoms with Gasteiger partial charge >= 0.3 is 6.03 Å². The molecular weight excluding hydrogens is 320 g/mol. The smallest absolute Gasteiger partial charge is 0.334 e. The normalized spacial score (nSPS) is 10.1. The Bertz CT molecular complexity index is 647. The van der Waals surface area contributed by atoms with Crippen molar-refractivity contribution in [1.82, 2.24) is 9.62 Å². The molecule has 0 unspecified atom stereocenters. The quantitative estimate of drug-likeness (QED) is 0.840. The summed E-state index contributed by atoms with van der Waals surface area (Å²) in [6.07, 6.45) is 0.643. The number of halogens is 1. The number of nitrogens with one attached hydrogen (secondary N) is 1. The van der Waals surface area contributed by atoms with E-state index in [1.165, 1.54) is 0 Å². The van der Waals surface area contributed by atoms with Gasteiger partial charge in [0.05, 0.1) is 0 Å². The molecule has 0 saturated carbocycles. The van der Waals surface area contributed by atoms with Crippen molar-refractivity contribution in [2.75, 3.05) is 6.54 Å². The molecule has 0 aliphatic carbocycles.